The number of piperidine rings is 1. The number of hydrogen-bond donors (Lipinski definition) is 2. The zero-order valence-electron chi connectivity index (χ0n) is 15.6. The molecule has 0 unspecified atom stereocenters. The third-order valence-electron chi connectivity index (χ3n) is 5.06. The molecule has 0 saturated carbocycles. The second-order valence-electron chi connectivity index (χ2n) is 7.11. The number of nitrogens with zero attached hydrogens (tertiary/aromatic N) is 4. The number of likely N-dealkylation sites (tertiary alicyclic amines) is 1. The van der Waals surface area contributed by atoms with Crippen molar-refractivity contribution in [1.82, 2.24) is 19.9 Å². The second kappa shape index (κ2) is 7.26. The number of nitrogens with one attached hydrogen (secondary N) is 2. The summed E-state index contributed by atoms with van der Waals surface area (Å²) in [5.74, 6) is 1.80. The molecule has 1 amide bonds. The molecule has 7 nitrogen and oxygen atoms in total. The lowest BCUT2D eigenvalue weighted by molar-refractivity contribution is 0.0720. The summed E-state index contributed by atoms with van der Waals surface area (Å²) in [5.41, 5.74) is 1.75. The molecule has 0 atom stereocenters. The van der Waals surface area contributed by atoms with Crippen LogP contribution in [0.1, 0.15) is 23.2 Å². The SMILES string of the molecule is CN(C)c1cc(NC2CCN(C(=O)c3c[nH]c4ccccc34)CC2)ncn1. The van der Waals surface area contributed by atoms with Gasteiger partial charge in [0.1, 0.15) is 18.0 Å². The average molecular weight is 364 g/mol. The first-order chi connectivity index (χ1) is 13.1. The molecular formula is C20H24N6O. The summed E-state index contributed by atoms with van der Waals surface area (Å²) in [7, 11) is 3.92. The number of carbonyl (C=O) groups excluding carboxylic acids is 1. The van der Waals surface area contributed by atoms with Gasteiger partial charge in [-0.3, -0.25) is 4.79 Å². The lowest BCUT2D eigenvalue weighted by Gasteiger charge is -2.32. The molecule has 0 radical (unpaired) electrons. The van der Waals surface area contributed by atoms with Crippen molar-refractivity contribution in [2.24, 2.45) is 0 Å². The van der Waals surface area contributed by atoms with Crippen LogP contribution in [0.25, 0.3) is 10.9 Å². The molecule has 4 rings (SSSR count). The van der Waals surface area contributed by atoms with Crippen LogP contribution in [0.4, 0.5) is 11.6 Å². The number of H-pyrrole nitrogens is 1. The first-order valence-electron chi connectivity index (χ1n) is 9.23. The van der Waals surface area contributed by atoms with E-state index in [0.29, 0.717) is 6.04 Å². The summed E-state index contributed by atoms with van der Waals surface area (Å²) in [5, 5.41) is 4.46. The number of para-hydroxylation sites is 1. The molecular weight excluding hydrogens is 340 g/mol. The summed E-state index contributed by atoms with van der Waals surface area (Å²) in [4.78, 5) is 28.6. The average Bonchev–Trinajstić information content (AvgIpc) is 3.12. The van der Waals surface area contributed by atoms with Gasteiger partial charge in [0.05, 0.1) is 5.56 Å². The summed E-state index contributed by atoms with van der Waals surface area (Å²) in [6.45, 7) is 1.48. The molecule has 2 aromatic heterocycles. The van der Waals surface area contributed by atoms with Gasteiger partial charge in [0.25, 0.3) is 5.91 Å². The predicted octanol–water partition coefficient (Wildman–Crippen LogP) is 2.74. The van der Waals surface area contributed by atoms with Crippen LogP contribution >= 0.6 is 0 Å². The van der Waals surface area contributed by atoms with Gasteiger partial charge in [-0.1, -0.05) is 18.2 Å². The Morgan fingerprint density at radius 2 is 2.00 bits per heavy atom. The van der Waals surface area contributed by atoms with Crippen molar-refractivity contribution >= 4 is 28.4 Å². The molecule has 3 aromatic rings. The summed E-state index contributed by atoms with van der Waals surface area (Å²) >= 11 is 0. The molecule has 3 heterocycles. The largest absolute Gasteiger partial charge is 0.367 e. The van der Waals surface area contributed by atoms with E-state index in [1.165, 1.54) is 0 Å². The van der Waals surface area contributed by atoms with Gasteiger partial charge < -0.3 is 20.1 Å². The quantitative estimate of drug-likeness (QED) is 0.744. The van der Waals surface area contributed by atoms with Crippen LogP contribution in [-0.4, -0.2) is 59.0 Å². The van der Waals surface area contributed by atoms with Gasteiger partial charge in [0.15, 0.2) is 0 Å². The van der Waals surface area contributed by atoms with Crippen molar-refractivity contribution in [3.8, 4) is 0 Å². The maximum Gasteiger partial charge on any atom is 0.256 e. The molecule has 2 N–H and O–H groups in total. The molecule has 140 valence electrons. The number of anilines is 2. The van der Waals surface area contributed by atoms with Crippen molar-refractivity contribution in [3.05, 3.63) is 48.4 Å². The lowest BCUT2D eigenvalue weighted by atomic mass is 10.0. The highest BCUT2D eigenvalue weighted by Gasteiger charge is 2.25. The third kappa shape index (κ3) is 3.58. The number of carbonyl (C=O) groups is 1. The summed E-state index contributed by atoms with van der Waals surface area (Å²) in [6, 6.07) is 10.2. The fourth-order valence-electron chi connectivity index (χ4n) is 3.53. The van der Waals surface area contributed by atoms with E-state index < -0.39 is 0 Å². The van der Waals surface area contributed by atoms with Crippen LogP contribution in [0.15, 0.2) is 42.9 Å². The van der Waals surface area contributed by atoms with Gasteiger partial charge in [0.2, 0.25) is 0 Å². The van der Waals surface area contributed by atoms with Gasteiger partial charge in [-0.15, -0.1) is 0 Å². The minimum Gasteiger partial charge on any atom is -0.367 e. The van der Waals surface area contributed by atoms with E-state index in [0.717, 1.165) is 54.0 Å². The van der Waals surface area contributed by atoms with Gasteiger partial charge in [-0.05, 0) is 18.9 Å². The first-order valence-corrected chi connectivity index (χ1v) is 9.23. The number of aromatic nitrogens is 3. The van der Waals surface area contributed by atoms with Crippen molar-refractivity contribution in [3.63, 3.8) is 0 Å². The van der Waals surface area contributed by atoms with Crippen molar-refractivity contribution in [1.29, 1.82) is 0 Å². The Kier molecular flexibility index (Phi) is 4.66. The van der Waals surface area contributed by atoms with E-state index in [2.05, 4.69) is 20.3 Å². The number of benzene rings is 1. The van der Waals surface area contributed by atoms with Gasteiger partial charge in [-0.2, -0.15) is 0 Å². The Labute approximate surface area is 158 Å². The van der Waals surface area contributed by atoms with E-state index in [-0.39, 0.29) is 5.91 Å². The zero-order valence-corrected chi connectivity index (χ0v) is 15.6. The summed E-state index contributed by atoms with van der Waals surface area (Å²) in [6.07, 6.45) is 5.19. The monoisotopic (exact) mass is 364 g/mol. The van der Waals surface area contributed by atoms with Crippen molar-refractivity contribution in [2.75, 3.05) is 37.4 Å². The zero-order chi connectivity index (χ0) is 18.8. The molecule has 1 aliphatic heterocycles. The molecule has 27 heavy (non-hydrogen) atoms. The van der Waals surface area contributed by atoms with E-state index in [1.807, 2.05) is 60.4 Å². The van der Waals surface area contributed by atoms with E-state index in [4.69, 9.17) is 0 Å². The summed E-state index contributed by atoms with van der Waals surface area (Å²) < 4.78 is 0. The fraction of sp³-hybridized carbons (Fsp3) is 0.350. The predicted molar refractivity (Wildman–Crippen MR) is 107 cm³/mol. The normalized spacial score (nSPS) is 15.1. The Bertz CT molecular complexity index is 942. The van der Waals surface area contributed by atoms with Crippen molar-refractivity contribution < 1.29 is 4.79 Å². The van der Waals surface area contributed by atoms with Gasteiger partial charge in [0, 0.05) is 56.4 Å². The lowest BCUT2D eigenvalue weighted by Crippen LogP contribution is -2.42. The van der Waals surface area contributed by atoms with Gasteiger partial charge in [-0.25, -0.2) is 9.97 Å². The van der Waals surface area contributed by atoms with E-state index >= 15 is 0 Å². The van der Waals surface area contributed by atoms with Crippen LogP contribution in [0.2, 0.25) is 0 Å². The Balaban J connectivity index is 1.39. The van der Waals surface area contributed by atoms with Crippen LogP contribution < -0.4 is 10.2 Å². The molecule has 0 aliphatic carbocycles. The topological polar surface area (TPSA) is 77.1 Å². The minimum atomic E-state index is 0.0998. The number of aromatic amines is 1. The molecule has 1 saturated heterocycles. The molecule has 1 fully saturated rings. The highest BCUT2D eigenvalue weighted by Crippen LogP contribution is 2.22. The highest BCUT2D eigenvalue weighted by atomic mass is 16.2. The van der Waals surface area contributed by atoms with E-state index in [1.54, 1.807) is 6.33 Å². The molecule has 7 heteroatoms. The van der Waals surface area contributed by atoms with E-state index in [9.17, 15) is 4.79 Å². The Morgan fingerprint density at radius 1 is 1.22 bits per heavy atom. The number of fused-ring (bicyclic) bond motifs is 1. The number of amides is 1. The molecule has 0 bridgehead atoms. The number of rotatable bonds is 4. The maximum absolute atomic E-state index is 12.9. The smallest absolute Gasteiger partial charge is 0.256 e. The second-order valence-corrected chi connectivity index (χ2v) is 7.11. The van der Waals surface area contributed by atoms with Crippen LogP contribution in [-0.2, 0) is 0 Å². The minimum absolute atomic E-state index is 0.0998. The first kappa shape index (κ1) is 17.3. The third-order valence-corrected chi connectivity index (χ3v) is 5.06. The highest BCUT2D eigenvalue weighted by molar-refractivity contribution is 6.06. The Morgan fingerprint density at radius 3 is 2.78 bits per heavy atom. The molecule has 0 spiro atoms. The number of hydrogen-bond acceptors (Lipinski definition) is 5. The van der Waals surface area contributed by atoms with Crippen LogP contribution in [0.5, 0.6) is 0 Å². The van der Waals surface area contributed by atoms with Gasteiger partial charge >= 0.3 is 0 Å². The fourth-order valence-corrected chi connectivity index (χ4v) is 3.53. The standard InChI is InChI=1S/C20H24N6O/c1-25(2)19-11-18(22-13-23-19)24-14-7-9-26(10-8-14)20(27)16-12-21-17-6-4-3-5-15(16)17/h3-6,11-14,21H,7-10H2,1-2H3,(H,22,23,24). The van der Waals surface area contributed by atoms with Crippen LogP contribution in [0.3, 0.4) is 0 Å². The molecule has 1 aromatic carbocycles. The molecule has 1 aliphatic rings. The van der Waals surface area contributed by atoms with Crippen molar-refractivity contribution in [2.45, 2.75) is 18.9 Å². The Hall–Kier alpha value is -3.09. The maximum atomic E-state index is 12.9. The van der Waals surface area contributed by atoms with Crippen LogP contribution in [0, 0.1) is 0 Å².